The zero-order chi connectivity index (χ0) is 16.4. The second kappa shape index (κ2) is 6.28. The molecule has 3 aromatic rings. The van der Waals surface area contributed by atoms with E-state index in [9.17, 15) is 0 Å². The summed E-state index contributed by atoms with van der Waals surface area (Å²) in [6, 6.07) is 11.8. The average molecular weight is 318 g/mol. The molecule has 0 N–H and O–H groups in total. The van der Waals surface area contributed by atoms with E-state index in [0.29, 0.717) is 11.6 Å². The van der Waals surface area contributed by atoms with E-state index < -0.39 is 0 Å². The molecule has 0 spiro atoms. The molecule has 3 aromatic heterocycles. The average Bonchev–Trinajstić information content (AvgIpc) is 3.05. The first-order valence-corrected chi connectivity index (χ1v) is 8.23. The lowest BCUT2D eigenvalue weighted by molar-refractivity contribution is 0.405. The monoisotopic (exact) mass is 318 g/mol. The van der Waals surface area contributed by atoms with E-state index in [4.69, 9.17) is 5.26 Å². The van der Waals surface area contributed by atoms with Crippen molar-refractivity contribution in [1.82, 2.24) is 19.6 Å². The van der Waals surface area contributed by atoms with Gasteiger partial charge in [-0.1, -0.05) is 6.07 Å². The van der Waals surface area contributed by atoms with Crippen LogP contribution in [0.3, 0.4) is 0 Å². The van der Waals surface area contributed by atoms with Crippen LogP contribution in [0.25, 0.3) is 5.65 Å². The third kappa shape index (κ3) is 2.81. The second-order valence-corrected chi connectivity index (χ2v) is 6.22. The maximum absolute atomic E-state index is 8.87. The summed E-state index contributed by atoms with van der Waals surface area (Å²) in [6.07, 6.45) is 7.10. The quantitative estimate of drug-likeness (QED) is 0.742. The zero-order valence-electron chi connectivity index (χ0n) is 13.3. The van der Waals surface area contributed by atoms with Crippen LogP contribution in [0.4, 0.5) is 5.69 Å². The maximum Gasteiger partial charge on any atom is 0.160 e. The van der Waals surface area contributed by atoms with Crippen molar-refractivity contribution in [3.63, 3.8) is 0 Å². The minimum atomic E-state index is 0.460. The zero-order valence-corrected chi connectivity index (χ0v) is 13.3. The van der Waals surface area contributed by atoms with Crippen LogP contribution in [-0.4, -0.2) is 32.7 Å². The number of nitrogens with zero attached hydrogens (tertiary/aromatic N) is 6. The predicted molar refractivity (Wildman–Crippen MR) is 90.6 cm³/mol. The molecule has 1 aliphatic rings. The van der Waals surface area contributed by atoms with Gasteiger partial charge in [0, 0.05) is 25.7 Å². The van der Waals surface area contributed by atoms with Crippen molar-refractivity contribution < 1.29 is 0 Å². The lowest BCUT2D eigenvalue weighted by atomic mass is 9.94. The Morgan fingerprint density at radius 2 is 2.17 bits per heavy atom. The van der Waals surface area contributed by atoms with Gasteiger partial charge in [-0.25, -0.2) is 4.98 Å². The van der Waals surface area contributed by atoms with E-state index in [-0.39, 0.29) is 0 Å². The third-order valence-electron chi connectivity index (χ3n) is 4.60. The van der Waals surface area contributed by atoms with Crippen molar-refractivity contribution in [3.8, 4) is 6.07 Å². The highest BCUT2D eigenvalue weighted by atomic mass is 15.2. The summed E-state index contributed by atoms with van der Waals surface area (Å²) >= 11 is 0. The largest absolute Gasteiger partial charge is 0.370 e. The summed E-state index contributed by atoms with van der Waals surface area (Å²) in [5.41, 5.74) is 2.45. The summed E-state index contributed by atoms with van der Waals surface area (Å²) in [6.45, 7) is 2.01. The molecular formula is C18H18N6. The van der Waals surface area contributed by atoms with Gasteiger partial charge in [0.2, 0.25) is 0 Å². The van der Waals surface area contributed by atoms with Crippen molar-refractivity contribution in [2.24, 2.45) is 5.92 Å². The number of anilines is 1. The number of hydrogen-bond donors (Lipinski definition) is 0. The Kier molecular flexibility index (Phi) is 3.83. The number of pyridine rings is 2. The van der Waals surface area contributed by atoms with Crippen molar-refractivity contribution in [2.75, 3.05) is 18.0 Å². The lowest BCUT2D eigenvalue weighted by Crippen LogP contribution is -2.36. The first-order chi connectivity index (χ1) is 11.8. The van der Waals surface area contributed by atoms with E-state index in [1.165, 1.54) is 6.42 Å². The molecule has 0 aromatic carbocycles. The number of nitriles is 1. The number of fused-ring (bicyclic) bond motifs is 1. The number of rotatable bonds is 3. The molecule has 0 bridgehead atoms. The molecule has 6 heteroatoms. The highest BCUT2D eigenvalue weighted by Gasteiger charge is 2.22. The fourth-order valence-electron chi connectivity index (χ4n) is 3.39. The summed E-state index contributed by atoms with van der Waals surface area (Å²) < 4.78 is 2.07. The summed E-state index contributed by atoms with van der Waals surface area (Å²) in [7, 11) is 0. The van der Waals surface area contributed by atoms with E-state index >= 15 is 0 Å². The highest BCUT2D eigenvalue weighted by molar-refractivity contribution is 5.46. The van der Waals surface area contributed by atoms with Gasteiger partial charge in [-0.15, -0.1) is 10.2 Å². The van der Waals surface area contributed by atoms with Crippen LogP contribution in [0.1, 0.15) is 24.4 Å². The van der Waals surface area contributed by atoms with Crippen LogP contribution in [0.5, 0.6) is 0 Å². The van der Waals surface area contributed by atoms with Crippen LogP contribution in [0.15, 0.2) is 42.7 Å². The number of aromatic nitrogens is 4. The van der Waals surface area contributed by atoms with Crippen molar-refractivity contribution in [1.29, 1.82) is 5.26 Å². The van der Waals surface area contributed by atoms with Crippen LogP contribution >= 0.6 is 0 Å². The van der Waals surface area contributed by atoms with Gasteiger partial charge in [0.1, 0.15) is 17.6 Å². The van der Waals surface area contributed by atoms with Gasteiger partial charge in [0.05, 0.1) is 11.9 Å². The van der Waals surface area contributed by atoms with E-state index in [1.54, 1.807) is 12.3 Å². The molecule has 0 amide bonds. The molecule has 0 saturated carbocycles. The summed E-state index contributed by atoms with van der Waals surface area (Å²) in [4.78, 5) is 6.54. The van der Waals surface area contributed by atoms with Crippen molar-refractivity contribution in [2.45, 2.75) is 19.3 Å². The third-order valence-corrected chi connectivity index (χ3v) is 4.60. The fourth-order valence-corrected chi connectivity index (χ4v) is 3.39. The maximum atomic E-state index is 8.87. The van der Waals surface area contributed by atoms with Gasteiger partial charge in [0.25, 0.3) is 0 Å². The van der Waals surface area contributed by atoms with Gasteiger partial charge in [-0.2, -0.15) is 5.26 Å². The molecule has 1 fully saturated rings. The van der Waals surface area contributed by atoms with Gasteiger partial charge >= 0.3 is 0 Å². The minimum absolute atomic E-state index is 0.460. The SMILES string of the molecule is N#Cc1ccc(N2CCCC(Cc3nnc4ccccn34)C2)cn1. The molecule has 4 rings (SSSR count). The lowest BCUT2D eigenvalue weighted by Gasteiger charge is -2.34. The second-order valence-electron chi connectivity index (χ2n) is 6.22. The fraction of sp³-hybridized carbons (Fsp3) is 0.333. The topological polar surface area (TPSA) is 70.1 Å². The summed E-state index contributed by atoms with van der Waals surface area (Å²) in [5.74, 6) is 1.57. The van der Waals surface area contributed by atoms with Gasteiger partial charge < -0.3 is 4.90 Å². The Bertz CT molecular complexity index is 876. The Labute approximate surface area is 140 Å². The summed E-state index contributed by atoms with van der Waals surface area (Å²) in [5, 5.41) is 17.5. The minimum Gasteiger partial charge on any atom is -0.370 e. The van der Waals surface area contributed by atoms with Crippen molar-refractivity contribution >= 4 is 11.3 Å². The molecule has 4 heterocycles. The first-order valence-electron chi connectivity index (χ1n) is 8.23. The normalized spacial score (nSPS) is 17.8. The molecule has 24 heavy (non-hydrogen) atoms. The molecule has 6 nitrogen and oxygen atoms in total. The van der Waals surface area contributed by atoms with E-state index in [1.807, 2.05) is 30.5 Å². The predicted octanol–water partition coefficient (Wildman–Crippen LogP) is 2.46. The number of piperidine rings is 1. The van der Waals surface area contributed by atoms with E-state index in [2.05, 4.69) is 30.6 Å². The molecule has 0 radical (unpaired) electrons. The number of hydrogen-bond acceptors (Lipinski definition) is 5. The van der Waals surface area contributed by atoms with Crippen molar-refractivity contribution in [3.05, 3.63) is 54.2 Å². The molecule has 0 aliphatic carbocycles. The Morgan fingerprint density at radius 1 is 1.21 bits per heavy atom. The molecular weight excluding hydrogens is 300 g/mol. The van der Waals surface area contributed by atoms with Gasteiger partial charge in [0.15, 0.2) is 5.65 Å². The smallest absolute Gasteiger partial charge is 0.160 e. The van der Waals surface area contributed by atoms with Gasteiger partial charge in [-0.3, -0.25) is 4.40 Å². The first kappa shape index (κ1) is 14.6. The van der Waals surface area contributed by atoms with E-state index in [0.717, 1.165) is 43.1 Å². The van der Waals surface area contributed by atoms with Crippen LogP contribution in [-0.2, 0) is 6.42 Å². The van der Waals surface area contributed by atoms with Crippen LogP contribution < -0.4 is 4.90 Å². The van der Waals surface area contributed by atoms with Crippen LogP contribution in [0.2, 0.25) is 0 Å². The Hall–Kier alpha value is -2.94. The van der Waals surface area contributed by atoms with Crippen LogP contribution in [0, 0.1) is 17.2 Å². The molecule has 120 valence electrons. The Balaban J connectivity index is 1.49. The van der Waals surface area contributed by atoms with Gasteiger partial charge in [-0.05, 0) is 43.0 Å². The molecule has 1 aliphatic heterocycles. The Morgan fingerprint density at radius 3 is 3.00 bits per heavy atom. The highest BCUT2D eigenvalue weighted by Crippen LogP contribution is 2.25. The standard InChI is InChI=1S/C18H18N6/c19-11-15-6-7-16(12-20-15)23-8-3-4-14(13-23)10-18-22-21-17-5-1-2-9-24(17)18/h1-2,5-7,9,12,14H,3-4,8,10,13H2. The molecule has 1 atom stereocenters. The molecule has 1 saturated heterocycles. The molecule has 1 unspecified atom stereocenters.